The normalized spacial score (nSPS) is 11.1. The van der Waals surface area contributed by atoms with E-state index in [9.17, 15) is 19.2 Å². The van der Waals surface area contributed by atoms with Crippen molar-refractivity contribution in [1.82, 2.24) is 10.6 Å². The molecule has 9 heteroatoms. The predicted octanol–water partition coefficient (Wildman–Crippen LogP) is 1.13. The second-order valence-corrected chi connectivity index (χ2v) is 5.69. The molecule has 0 aromatic heterocycles. The van der Waals surface area contributed by atoms with Gasteiger partial charge in [0.2, 0.25) is 17.7 Å². The predicted molar refractivity (Wildman–Crippen MR) is 90.9 cm³/mol. The number of hydrogen-bond acceptors (Lipinski definition) is 6. The highest BCUT2D eigenvalue weighted by atomic mass is 32.2. The molecule has 0 aliphatic heterocycles. The van der Waals surface area contributed by atoms with Gasteiger partial charge in [-0.3, -0.25) is 14.4 Å². The molecule has 0 unspecified atom stereocenters. The average molecular weight is 353 g/mol. The zero-order chi connectivity index (χ0) is 18.1. The quantitative estimate of drug-likeness (QED) is 0.661. The van der Waals surface area contributed by atoms with E-state index in [2.05, 4.69) is 16.0 Å². The number of anilines is 1. The largest absolute Gasteiger partial charge is 0.418 e. The lowest BCUT2D eigenvalue weighted by Gasteiger charge is -2.15. The molecule has 0 heterocycles. The van der Waals surface area contributed by atoms with Crippen LogP contribution in [0.2, 0.25) is 0 Å². The summed E-state index contributed by atoms with van der Waals surface area (Å²) < 4.78 is 5.11. The number of amides is 3. The molecule has 8 nitrogen and oxygen atoms in total. The highest BCUT2D eigenvalue weighted by Gasteiger charge is 2.20. The van der Waals surface area contributed by atoms with Gasteiger partial charge < -0.3 is 20.7 Å². The van der Waals surface area contributed by atoms with Crippen LogP contribution in [0.1, 0.15) is 13.8 Å². The van der Waals surface area contributed by atoms with Gasteiger partial charge in [0.1, 0.15) is 11.8 Å². The lowest BCUT2D eigenvalue weighted by atomic mass is 10.3. The Balaban J connectivity index is 2.53. The molecule has 1 rings (SSSR count). The fourth-order valence-corrected chi connectivity index (χ4v) is 2.38. The van der Waals surface area contributed by atoms with Crippen LogP contribution in [-0.2, 0) is 14.4 Å². The number of carbonyl (C=O) groups excluding carboxylic acids is 4. The van der Waals surface area contributed by atoms with Gasteiger partial charge in [-0.2, -0.15) is 0 Å². The fraction of sp³-hybridized carbons (Fsp3) is 0.333. The van der Waals surface area contributed by atoms with Gasteiger partial charge in [0.15, 0.2) is 0 Å². The number of rotatable bonds is 6. The summed E-state index contributed by atoms with van der Waals surface area (Å²) in [5.74, 6) is -0.621. The van der Waals surface area contributed by atoms with Gasteiger partial charge in [-0.05, 0) is 36.0 Å². The van der Waals surface area contributed by atoms with Gasteiger partial charge in [-0.15, -0.1) is 0 Å². The number of carbonyl (C=O) groups is 4. The van der Waals surface area contributed by atoms with Crippen LogP contribution in [0.15, 0.2) is 24.3 Å². The van der Waals surface area contributed by atoms with E-state index in [-0.39, 0.29) is 17.6 Å². The monoisotopic (exact) mass is 353 g/mol. The van der Waals surface area contributed by atoms with Gasteiger partial charge >= 0.3 is 5.30 Å². The van der Waals surface area contributed by atoms with Crippen molar-refractivity contribution < 1.29 is 23.9 Å². The lowest BCUT2D eigenvalue weighted by Crippen LogP contribution is -2.46. The zero-order valence-electron chi connectivity index (χ0n) is 13.5. The van der Waals surface area contributed by atoms with E-state index in [1.54, 1.807) is 12.1 Å². The SMILES string of the molecule is CNC(=O)[C@H](CSC(=O)Oc1ccc(NC(C)=O)cc1)NC(C)=O. The van der Waals surface area contributed by atoms with E-state index in [0.717, 1.165) is 11.8 Å². The van der Waals surface area contributed by atoms with Crippen LogP contribution in [0.5, 0.6) is 5.75 Å². The van der Waals surface area contributed by atoms with Crippen LogP contribution >= 0.6 is 11.8 Å². The molecule has 0 saturated heterocycles. The first kappa shape index (κ1) is 19.5. The summed E-state index contributed by atoms with van der Waals surface area (Å²) in [4.78, 5) is 45.4. The summed E-state index contributed by atoms with van der Waals surface area (Å²) in [5, 5.41) is 6.85. The maximum atomic E-state index is 11.8. The average Bonchev–Trinajstić information content (AvgIpc) is 2.51. The Morgan fingerprint density at radius 1 is 1.08 bits per heavy atom. The Morgan fingerprint density at radius 3 is 2.21 bits per heavy atom. The smallest absolute Gasteiger partial charge is 0.372 e. The third-order valence-corrected chi connectivity index (χ3v) is 3.50. The van der Waals surface area contributed by atoms with Crippen LogP contribution in [0, 0.1) is 0 Å². The summed E-state index contributed by atoms with van der Waals surface area (Å²) in [7, 11) is 1.44. The van der Waals surface area contributed by atoms with E-state index >= 15 is 0 Å². The molecule has 3 N–H and O–H groups in total. The Kier molecular flexibility index (Phi) is 7.76. The van der Waals surface area contributed by atoms with Crippen LogP contribution in [-0.4, -0.2) is 41.9 Å². The molecule has 1 aromatic carbocycles. The van der Waals surface area contributed by atoms with Gasteiger partial charge in [0, 0.05) is 32.3 Å². The van der Waals surface area contributed by atoms with Gasteiger partial charge in [0.25, 0.3) is 0 Å². The van der Waals surface area contributed by atoms with Gasteiger partial charge in [0.05, 0.1) is 0 Å². The van der Waals surface area contributed by atoms with Crippen LogP contribution in [0.3, 0.4) is 0 Å². The molecule has 0 aliphatic carbocycles. The standard InChI is InChI=1S/C15H19N3O5S/c1-9(19)17-11-4-6-12(7-5-11)23-15(22)24-8-13(14(21)16-3)18-10(2)20/h4-7,13H,8H2,1-3H3,(H,16,21)(H,17,19)(H,18,20)/t13-/m0/s1. The number of hydrogen-bond donors (Lipinski definition) is 3. The van der Waals surface area contributed by atoms with Gasteiger partial charge in [-0.25, -0.2) is 4.79 Å². The molecular formula is C15H19N3O5S. The number of ether oxygens (including phenoxy) is 1. The number of benzene rings is 1. The molecule has 24 heavy (non-hydrogen) atoms. The Labute approximate surface area is 143 Å². The molecule has 1 atom stereocenters. The molecule has 0 saturated carbocycles. The second-order valence-electron chi connectivity index (χ2n) is 4.74. The van der Waals surface area contributed by atoms with Crippen molar-refractivity contribution in [2.75, 3.05) is 18.1 Å². The summed E-state index contributed by atoms with van der Waals surface area (Å²) in [6.45, 7) is 2.68. The first-order valence-electron chi connectivity index (χ1n) is 7.02. The first-order valence-corrected chi connectivity index (χ1v) is 8.01. The number of likely N-dealkylation sites (N-methyl/N-ethyl adjacent to an activating group) is 1. The van der Waals surface area contributed by atoms with Crippen molar-refractivity contribution >= 4 is 40.5 Å². The molecule has 130 valence electrons. The van der Waals surface area contributed by atoms with E-state index in [4.69, 9.17) is 4.74 Å². The second kappa shape index (κ2) is 9.56. The highest BCUT2D eigenvalue weighted by Crippen LogP contribution is 2.18. The van der Waals surface area contributed by atoms with Crippen LogP contribution < -0.4 is 20.7 Å². The molecule has 0 fully saturated rings. The molecule has 3 amide bonds. The van der Waals surface area contributed by atoms with Crippen molar-refractivity contribution in [3.8, 4) is 5.75 Å². The van der Waals surface area contributed by atoms with Crippen molar-refractivity contribution in [1.29, 1.82) is 0 Å². The fourth-order valence-electron chi connectivity index (χ4n) is 1.69. The molecule has 1 aromatic rings. The highest BCUT2D eigenvalue weighted by molar-refractivity contribution is 8.13. The van der Waals surface area contributed by atoms with E-state index in [0.29, 0.717) is 11.4 Å². The molecule has 0 radical (unpaired) electrons. The maximum absolute atomic E-state index is 11.8. The van der Waals surface area contributed by atoms with E-state index in [1.165, 1.54) is 33.0 Å². The number of thioether (sulfide) groups is 1. The summed E-state index contributed by atoms with van der Waals surface area (Å²) in [5.41, 5.74) is 0.584. The topological polar surface area (TPSA) is 114 Å². The summed E-state index contributed by atoms with van der Waals surface area (Å²) >= 11 is 0.773. The van der Waals surface area contributed by atoms with Crippen LogP contribution in [0.4, 0.5) is 10.5 Å². The summed E-state index contributed by atoms with van der Waals surface area (Å²) in [6.07, 6.45) is 0. The van der Waals surface area contributed by atoms with Crippen molar-refractivity contribution in [3.05, 3.63) is 24.3 Å². The van der Waals surface area contributed by atoms with E-state index in [1.807, 2.05) is 0 Å². The number of nitrogens with one attached hydrogen (secondary N) is 3. The minimum Gasteiger partial charge on any atom is -0.418 e. The molecule has 0 spiro atoms. The minimum absolute atomic E-state index is 0.0437. The maximum Gasteiger partial charge on any atom is 0.372 e. The van der Waals surface area contributed by atoms with Crippen molar-refractivity contribution in [2.24, 2.45) is 0 Å². The molecular weight excluding hydrogens is 334 g/mol. The van der Waals surface area contributed by atoms with Crippen molar-refractivity contribution in [3.63, 3.8) is 0 Å². The molecule has 0 aliphatic rings. The third kappa shape index (κ3) is 7.14. The lowest BCUT2D eigenvalue weighted by molar-refractivity contribution is -0.127. The van der Waals surface area contributed by atoms with Gasteiger partial charge in [-0.1, -0.05) is 0 Å². The van der Waals surface area contributed by atoms with Crippen LogP contribution in [0.25, 0.3) is 0 Å². The third-order valence-electron chi connectivity index (χ3n) is 2.68. The Bertz CT molecular complexity index is 618. The Hall–Kier alpha value is -2.55. The zero-order valence-corrected chi connectivity index (χ0v) is 14.4. The first-order chi connectivity index (χ1) is 11.3. The summed E-state index contributed by atoms with van der Waals surface area (Å²) in [6, 6.07) is 5.44. The minimum atomic E-state index is -0.827. The molecule has 0 bridgehead atoms. The Morgan fingerprint density at radius 2 is 1.71 bits per heavy atom. The van der Waals surface area contributed by atoms with E-state index < -0.39 is 17.3 Å². The van der Waals surface area contributed by atoms with Crippen molar-refractivity contribution in [2.45, 2.75) is 19.9 Å².